The van der Waals surface area contributed by atoms with Crippen molar-refractivity contribution >= 4 is 27.6 Å². The zero-order valence-corrected chi connectivity index (χ0v) is 19.0. The molecule has 2 aliphatic rings. The standard InChI is InChI=1S/C23H29N5O3S/c1-17-15-27(23(29)28(16-17)20-7-5-6-18(14-20)22(24)25)19-10-12-26(13-11-19)32(30,31)21-8-3-2-4-9-21/h2-9,14,17,19H,10-13,15-16H2,1H3,(H3,24,25). The number of hydrogen-bond donors (Lipinski definition) is 2. The number of carbonyl (C=O) groups excluding carboxylic acids is 1. The first kappa shape index (κ1) is 22.3. The van der Waals surface area contributed by atoms with Crippen LogP contribution in [0.2, 0.25) is 0 Å². The molecule has 1 atom stereocenters. The summed E-state index contributed by atoms with van der Waals surface area (Å²) in [4.78, 5) is 17.3. The van der Waals surface area contributed by atoms with Crippen LogP contribution < -0.4 is 10.6 Å². The fourth-order valence-corrected chi connectivity index (χ4v) is 6.01. The number of nitrogens with one attached hydrogen (secondary N) is 1. The Kier molecular flexibility index (Phi) is 6.21. The van der Waals surface area contributed by atoms with Gasteiger partial charge in [-0.3, -0.25) is 10.3 Å². The Morgan fingerprint density at radius 2 is 1.72 bits per heavy atom. The summed E-state index contributed by atoms with van der Waals surface area (Å²) >= 11 is 0. The Bertz CT molecular complexity index is 1100. The molecule has 32 heavy (non-hydrogen) atoms. The maximum atomic E-state index is 13.4. The van der Waals surface area contributed by atoms with Crippen LogP contribution in [0.5, 0.6) is 0 Å². The third-order valence-electron chi connectivity index (χ3n) is 6.19. The number of carbonyl (C=O) groups is 1. The van der Waals surface area contributed by atoms with E-state index in [1.54, 1.807) is 53.4 Å². The second-order valence-corrected chi connectivity index (χ2v) is 10.5. The molecule has 0 bridgehead atoms. The monoisotopic (exact) mass is 455 g/mol. The fraction of sp³-hybridized carbons (Fsp3) is 0.391. The van der Waals surface area contributed by atoms with Crippen molar-refractivity contribution in [1.82, 2.24) is 9.21 Å². The number of anilines is 1. The number of benzene rings is 2. The number of rotatable bonds is 5. The highest BCUT2D eigenvalue weighted by Crippen LogP contribution is 2.29. The molecule has 170 valence electrons. The van der Waals surface area contributed by atoms with Crippen LogP contribution in [-0.2, 0) is 10.0 Å². The van der Waals surface area contributed by atoms with Crippen molar-refractivity contribution < 1.29 is 13.2 Å². The van der Waals surface area contributed by atoms with Gasteiger partial charge in [0, 0.05) is 43.5 Å². The van der Waals surface area contributed by atoms with Gasteiger partial charge in [-0.15, -0.1) is 0 Å². The summed E-state index contributed by atoms with van der Waals surface area (Å²) in [6.07, 6.45) is 1.21. The van der Waals surface area contributed by atoms with E-state index in [0.29, 0.717) is 49.5 Å². The highest BCUT2D eigenvalue weighted by molar-refractivity contribution is 7.89. The van der Waals surface area contributed by atoms with Crippen LogP contribution in [-0.4, -0.2) is 61.7 Å². The molecule has 2 amide bonds. The molecule has 0 saturated carbocycles. The molecule has 0 radical (unpaired) electrons. The van der Waals surface area contributed by atoms with Gasteiger partial charge in [-0.25, -0.2) is 13.2 Å². The SMILES string of the molecule is CC1CN(c2cccc(C(=N)N)c2)C(=O)N(C2CCN(S(=O)(=O)c3ccccc3)CC2)C1. The van der Waals surface area contributed by atoms with Gasteiger partial charge in [0.2, 0.25) is 10.0 Å². The zero-order chi connectivity index (χ0) is 22.9. The van der Waals surface area contributed by atoms with Crippen molar-refractivity contribution in [2.24, 2.45) is 11.7 Å². The number of nitrogens with zero attached hydrogens (tertiary/aromatic N) is 3. The first-order chi connectivity index (χ1) is 15.3. The Morgan fingerprint density at radius 3 is 2.38 bits per heavy atom. The predicted octanol–water partition coefficient (Wildman–Crippen LogP) is 2.70. The Balaban J connectivity index is 1.48. The van der Waals surface area contributed by atoms with Gasteiger partial charge in [0.05, 0.1) is 4.90 Å². The zero-order valence-electron chi connectivity index (χ0n) is 18.1. The van der Waals surface area contributed by atoms with Gasteiger partial charge in [-0.2, -0.15) is 4.31 Å². The third-order valence-corrected chi connectivity index (χ3v) is 8.11. The van der Waals surface area contributed by atoms with Crippen molar-refractivity contribution in [2.45, 2.75) is 30.7 Å². The van der Waals surface area contributed by atoms with Crippen LogP contribution >= 0.6 is 0 Å². The highest BCUT2D eigenvalue weighted by atomic mass is 32.2. The number of amidine groups is 1. The van der Waals surface area contributed by atoms with E-state index < -0.39 is 10.0 Å². The van der Waals surface area contributed by atoms with Crippen LogP contribution in [0.4, 0.5) is 10.5 Å². The summed E-state index contributed by atoms with van der Waals surface area (Å²) in [7, 11) is -3.52. The number of nitrogen functional groups attached to an aromatic ring is 1. The summed E-state index contributed by atoms with van der Waals surface area (Å²) in [5.74, 6) is 0.230. The van der Waals surface area contributed by atoms with E-state index in [4.69, 9.17) is 11.1 Å². The number of amides is 2. The lowest BCUT2D eigenvalue weighted by atomic mass is 10.00. The average molecular weight is 456 g/mol. The highest BCUT2D eigenvalue weighted by Gasteiger charge is 2.38. The van der Waals surface area contributed by atoms with E-state index in [1.165, 1.54) is 4.31 Å². The van der Waals surface area contributed by atoms with E-state index in [9.17, 15) is 13.2 Å². The van der Waals surface area contributed by atoms with E-state index >= 15 is 0 Å². The Hall–Kier alpha value is -2.91. The number of urea groups is 1. The van der Waals surface area contributed by atoms with Crippen LogP contribution in [0.1, 0.15) is 25.3 Å². The van der Waals surface area contributed by atoms with E-state index in [2.05, 4.69) is 6.92 Å². The minimum atomic E-state index is -3.52. The van der Waals surface area contributed by atoms with Crippen molar-refractivity contribution in [2.75, 3.05) is 31.1 Å². The van der Waals surface area contributed by atoms with E-state index in [1.807, 2.05) is 11.0 Å². The summed E-state index contributed by atoms with van der Waals surface area (Å²) in [6, 6.07) is 15.6. The van der Waals surface area contributed by atoms with Gasteiger partial charge in [-0.05, 0) is 43.0 Å². The van der Waals surface area contributed by atoms with Crippen LogP contribution in [0.25, 0.3) is 0 Å². The minimum absolute atomic E-state index is 0.00837. The van der Waals surface area contributed by atoms with Crippen molar-refractivity contribution in [1.29, 1.82) is 5.41 Å². The lowest BCUT2D eigenvalue weighted by molar-refractivity contribution is 0.127. The fourth-order valence-electron chi connectivity index (χ4n) is 4.51. The molecule has 2 aromatic carbocycles. The molecule has 4 rings (SSSR count). The van der Waals surface area contributed by atoms with Gasteiger partial charge < -0.3 is 10.6 Å². The first-order valence-corrected chi connectivity index (χ1v) is 12.3. The molecule has 0 aliphatic carbocycles. The van der Waals surface area contributed by atoms with Crippen molar-refractivity contribution in [3.63, 3.8) is 0 Å². The molecule has 2 aliphatic heterocycles. The number of hydrogen-bond acceptors (Lipinski definition) is 4. The first-order valence-electron chi connectivity index (χ1n) is 10.8. The van der Waals surface area contributed by atoms with Gasteiger partial charge >= 0.3 is 6.03 Å². The van der Waals surface area contributed by atoms with Gasteiger partial charge in [0.15, 0.2) is 0 Å². The molecule has 2 aromatic rings. The molecule has 1 unspecified atom stereocenters. The molecule has 0 aromatic heterocycles. The predicted molar refractivity (Wildman–Crippen MR) is 124 cm³/mol. The van der Waals surface area contributed by atoms with Crippen LogP contribution in [0.3, 0.4) is 0 Å². The number of nitrogens with two attached hydrogens (primary N) is 1. The second kappa shape index (κ2) is 8.91. The van der Waals surface area contributed by atoms with Gasteiger partial charge in [-0.1, -0.05) is 37.3 Å². The summed E-state index contributed by atoms with van der Waals surface area (Å²) in [5.41, 5.74) is 6.93. The van der Waals surface area contributed by atoms with Crippen molar-refractivity contribution in [3.05, 3.63) is 60.2 Å². The molecule has 9 heteroatoms. The van der Waals surface area contributed by atoms with Gasteiger partial charge in [0.1, 0.15) is 5.84 Å². The van der Waals surface area contributed by atoms with E-state index in [-0.39, 0.29) is 23.8 Å². The summed E-state index contributed by atoms with van der Waals surface area (Å²) < 4.78 is 27.4. The molecule has 0 spiro atoms. The lowest BCUT2D eigenvalue weighted by Gasteiger charge is -2.45. The molecule has 2 fully saturated rings. The maximum absolute atomic E-state index is 13.4. The molecule has 8 nitrogen and oxygen atoms in total. The number of sulfonamides is 1. The Morgan fingerprint density at radius 1 is 1.03 bits per heavy atom. The molecular formula is C23H29N5O3S. The topological polar surface area (TPSA) is 111 Å². The van der Waals surface area contributed by atoms with Gasteiger partial charge in [0.25, 0.3) is 0 Å². The maximum Gasteiger partial charge on any atom is 0.324 e. The largest absolute Gasteiger partial charge is 0.384 e. The summed E-state index contributed by atoms with van der Waals surface area (Å²) in [6.45, 7) is 4.13. The lowest BCUT2D eigenvalue weighted by Crippen LogP contribution is -2.58. The smallest absolute Gasteiger partial charge is 0.324 e. The Labute approximate surface area is 189 Å². The molecular weight excluding hydrogens is 426 g/mol. The normalized spacial score (nSPS) is 21.0. The van der Waals surface area contributed by atoms with Crippen molar-refractivity contribution in [3.8, 4) is 0 Å². The van der Waals surface area contributed by atoms with Crippen LogP contribution in [0.15, 0.2) is 59.5 Å². The third kappa shape index (κ3) is 4.35. The minimum Gasteiger partial charge on any atom is -0.384 e. The van der Waals surface area contributed by atoms with E-state index in [0.717, 1.165) is 5.69 Å². The molecule has 2 heterocycles. The molecule has 2 saturated heterocycles. The second-order valence-electron chi connectivity index (χ2n) is 8.56. The molecule has 3 N–H and O–H groups in total. The average Bonchev–Trinajstić information content (AvgIpc) is 2.81. The number of piperidine rings is 1. The summed E-state index contributed by atoms with van der Waals surface area (Å²) in [5, 5.41) is 7.68. The quantitative estimate of drug-likeness (QED) is 0.533. The van der Waals surface area contributed by atoms with Crippen LogP contribution in [0, 0.1) is 11.3 Å².